The van der Waals surface area contributed by atoms with Crippen LogP contribution in [0.25, 0.3) is 0 Å². The predicted octanol–water partition coefficient (Wildman–Crippen LogP) is 2.24. The normalized spacial score (nSPS) is 15.2. The minimum absolute atomic E-state index is 0.598. The van der Waals surface area contributed by atoms with Gasteiger partial charge in [0.25, 0.3) is 0 Å². The first-order valence-corrected chi connectivity index (χ1v) is 9.56. The molecule has 25 heavy (non-hydrogen) atoms. The maximum atomic E-state index is 5.44. The van der Waals surface area contributed by atoms with Gasteiger partial charge in [0.15, 0.2) is 5.96 Å². The van der Waals surface area contributed by atoms with Crippen molar-refractivity contribution in [3.8, 4) is 0 Å². The van der Waals surface area contributed by atoms with E-state index in [9.17, 15) is 0 Å². The van der Waals surface area contributed by atoms with E-state index in [0.717, 1.165) is 56.7 Å². The van der Waals surface area contributed by atoms with Crippen molar-refractivity contribution in [2.75, 3.05) is 37.7 Å². The van der Waals surface area contributed by atoms with Crippen LogP contribution < -0.4 is 15.5 Å². The first-order valence-electron chi connectivity index (χ1n) is 8.68. The van der Waals surface area contributed by atoms with E-state index in [0.29, 0.717) is 6.54 Å². The van der Waals surface area contributed by atoms with Crippen LogP contribution in [0.5, 0.6) is 0 Å². The number of aromatic nitrogens is 1. The number of aliphatic imine (C=N–C) groups is 1. The Bertz CT molecular complexity index is 668. The van der Waals surface area contributed by atoms with E-state index >= 15 is 0 Å². The zero-order valence-electron chi connectivity index (χ0n) is 14.6. The molecule has 3 rings (SSSR count). The van der Waals surface area contributed by atoms with Crippen LogP contribution in [0.3, 0.4) is 0 Å². The molecule has 7 heteroatoms. The molecule has 3 heterocycles. The van der Waals surface area contributed by atoms with E-state index < -0.39 is 0 Å². The number of thiophene rings is 1. The zero-order valence-corrected chi connectivity index (χ0v) is 15.4. The lowest BCUT2D eigenvalue weighted by atomic mass is 10.2. The number of hydrogen-bond donors (Lipinski definition) is 2. The van der Waals surface area contributed by atoms with E-state index in [2.05, 4.69) is 51.0 Å². The van der Waals surface area contributed by atoms with Gasteiger partial charge in [-0.25, -0.2) is 9.98 Å². The maximum Gasteiger partial charge on any atom is 0.191 e. The van der Waals surface area contributed by atoms with Crippen LogP contribution in [0.4, 0.5) is 5.82 Å². The average Bonchev–Trinajstić information content (AvgIpc) is 3.18. The van der Waals surface area contributed by atoms with Gasteiger partial charge in [0.1, 0.15) is 5.82 Å². The van der Waals surface area contributed by atoms with E-state index in [1.54, 1.807) is 11.3 Å². The van der Waals surface area contributed by atoms with Gasteiger partial charge in [-0.2, -0.15) is 0 Å². The summed E-state index contributed by atoms with van der Waals surface area (Å²) in [6, 6.07) is 8.26. The Balaban J connectivity index is 1.67. The first-order chi connectivity index (χ1) is 12.4. The van der Waals surface area contributed by atoms with Crippen LogP contribution in [0.15, 0.2) is 40.8 Å². The van der Waals surface area contributed by atoms with Gasteiger partial charge >= 0.3 is 0 Å². The molecule has 1 saturated heterocycles. The van der Waals surface area contributed by atoms with Crippen molar-refractivity contribution in [1.29, 1.82) is 0 Å². The topological polar surface area (TPSA) is 61.8 Å². The number of anilines is 1. The summed E-state index contributed by atoms with van der Waals surface area (Å²) in [5.74, 6) is 1.84. The molecular weight excluding hydrogens is 334 g/mol. The molecule has 0 aromatic carbocycles. The van der Waals surface area contributed by atoms with Crippen molar-refractivity contribution in [3.05, 3.63) is 46.3 Å². The lowest BCUT2D eigenvalue weighted by Crippen LogP contribution is -2.38. The fourth-order valence-electron chi connectivity index (χ4n) is 2.70. The third kappa shape index (κ3) is 5.17. The van der Waals surface area contributed by atoms with Crippen molar-refractivity contribution in [1.82, 2.24) is 15.6 Å². The highest BCUT2D eigenvalue weighted by atomic mass is 32.1. The lowest BCUT2D eigenvalue weighted by molar-refractivity contribution is 0.122. The van der Waals surface area contributed by atoms with Gasteiger partial charge in [0.05, 0.1) is 26.3 Å². The highest BCUT2D eigenvalue weighted by Gasteiger charge is 2.15. The number of nitrogens with one attached hydrogen (secondary N) is 2. The SMILES string of the molecule is CCNC(=NCc1cccnc1N1CCOCC1)NCc1cccs1. The summed E-state index contributed by atoms with van der Waals surface area (Å²) in [5.41, 5.74) is 1.14. The standard InChI is InChI=1S/C18H25N5OS/c1-2-19-18(22-14-16-6-4-12-25-16)21-13-15-5-3-7-20-17(15)23-8-10-24-11-9-23/h3-7,12H,2,8-11,13-14H2,1H3,(H2,19,21,22). The van der Waals surface area contributed by atoms with Crippen molar-refractivity contribution < 1.29 is 4.74 Å². The number of pyridine rings is 1. The molecule has 0 amide bonds. The van der Waals surface area contributed by atoms with Gasteiger partial charge in [0.2, 0.25) is 0 Å². The lowest BCUT2D eigenvalue weighted by Gasteiger charge is -2.29. The monoisotopic (exact) mass is 359 g/mol. The van der Waals surface area contributed by atoms with E-state index in [-0.39, 0.29) is 0 Å². The van der Waals surface area contributed by atoms with Crippen LogP contribution in [-0.2, 0) is 17.8 Å². The fourth-order valence-corrected chi connectivity index (χ4v) is 3.35. The van der Waals surface area contributed by atoms with Crippen LogP contribution >= 0.6 is 11.3 Å². The molecule has 1 aliphatic heterocycles. The number of hydrogen-bond acceptors (Lipinski definition) is 5. The first kappa shape index (κ1) is 17.7. The van der Waals surface area contributed by atoms with Crippen LogP contribution in [0.2, 0.25) is 0 Å². The molecule has 0 spiro atoms. The molecule has 0 bridgehead atoms. The van der Waals surface area contributed by atoms with Gasteiger partial charge in [0, 0.05) is 36.3 Å². The number of rotatable bonds is 6. The van der Waals surface area contributed by atoms with Crippen LogP contribution in [0.1, 0.15) is 17.4 Å². The van der Waals surface area contributed by atoms with E-state index in [1.165, 1.54) is 4.88 Å². The van der Waals surface area contributed by atoms with Crippen molar-refractivity contribution >= 4 is 23.1 Å². The van der Waals surface area contributed by atoms with E-state index in [1.807, 2.05) is 12.3 Å². The van der Waals surface area contributed by atoms with Gasteiger partial charge in [-0.1, -0.05) is 12.1 Å². The van der Waals surface area contributed by atoms with Crippen LogP contribution in [-0.4, -0.2) is 43.8 Å². The highest BCUT2D eigenvalue weighted by molar-refractivity contribution is 7.09. The summed E-state index contributed by atoms with van der Waals surface area (Å²) in [6.45, 7) is 7.56. The van der Waals surface area contributed by atoms with Crippen molar-refractivity contribution in [2.24, 2.45) is 4.99 Å². The van der Waals surface area contributed by atoms with Crippen LogP contribution in [0, 0.1) is 0 Å². The zero-order chi connectivity index (χ0) is 17.3. The minimum Gasteiger partial charge on any atom is -0.378 e. The molecule has 2 N–H and O–H groups in total. The Labute approximate surface area is 152 Å². The predicted molar refractivity (Wildman–Crippen MR) is 103 cm³/mol. The molecule has 6 nitrogen and oxygen atoms in total. The summed E-state index contributed by atoms with van der Waals surface area (Å²) in [4.78, 5) is 12.9. The quantitative estimate of drug-likeness (QED) is 0.612. The number of ether oxygens (including phenoxy) is 1. The Hall–Kier alpha value is -2.12. The summed E-state index contributed by atoms with van der Waals surface area (Å²) in [7, 11) is 0. The summed E-state index contributed by atoms with van der Waals surface area (Å²) >= 11 is 1.74. The maximum absolute atomic E-state index is 5.44. The van der Waals surface area contributed by atoms with Gasteiger partial charge in [-0.3, -0.25) is 0 Å². The van der Waals surface area contributed by atoms with Gasteiger partial charge in [-0.15, -0.1) is 11.3 Å². The minimum atomic E-state index is 0.598. The second-order valence-corrected chi connectivity index (χ2v) is 6.75. The largest absolute Gasteiger partial charge is 0.378 e. The fraction of sp³-hybridized carbons (Fsp3) is 0.444. The third-order valence-electron chi connectivity index (χ3n) is 3.94. The Morgan fingerprint density at radius 2 is 2.16 bits per heavy atom. The Morgan fingerprint density at radius 1 is 1.28 bits per heavy atom. The summed E-state index contributed by atoms with van der Waals surface area (Å²) in [5, 5.41) is 8.78. The number of nitrogens with zero attached hydrogens (tertiary/aromatic N) is 3. The molecule has 0 saturated carbocycles. The molecular formula is C18H25N5OS. The Morgan fingerprint density at radius 3 is 2.92 bits per heavy atom. The highest BCUT2D eigenvalue weighted by Crippen LogP contribution is 2.19. The van der Waals surface area contributed by atoms with Crippen molar-refractivity contribution in [3.63, 3.8) is 0 Å². The molecule has 0 atom stereocenters. The molecule has 134 valence electrons. The molecule has 1 fully saturated rings. The average molecular weight is 359 g/mol. The summed E-state index contributed by atoms with van der Waals surface area (Å²) < 4.78 is 5.44. The molecule has 0 unspecified atom stereocenters. The van der Waals surface area contributed by atoms with Crippen molar-refractivity contribution in [2.45, 2.75) is 20.0 Å². The van der Waals surface area contributed by atoms with Gasteiger partial charge in [-0.05, 0) is 24.4 Å². The smallest absolute Gasteiger partial charge is 0.191 e. The second-order valence-electron chi connectivity index (χ2n) is 5.71. The Kier molecular flexibility index (Phi) is 6.64. The number of guanidine groups is 1. The second kappa shape index (κ2) is 9.39. The molecule has 0 aliphatic carbocycles. The number of morpholine rings is 1. The molecule has 2 aromatic heterocycles. The third-order valence-corrected chi connectivity index (χ3v) is 4.82. The van der Waals surface area contributed by atoms with Gasteiger partial charge < -0.3 is 20.3 Å². The summed E-state index contributed by atoms with van der Waals surface area (Å²) in [6.07, 6.45) is 1.85. The molecule has 1 aliphatic rings. The molecule has 2 aromatic rings. The van der Waals surface area contributed by atoms with E-state index in [4.69, 9.17) is 9.73 Å². The molecule has 0 radical (unpaired) electrons.